The van der Waals surface area contributed by atoms with Gasteiger partial charge in [0.15, 0.2) is 0 Å². The van der Waals surface area contributed by atoms with Gasteiger partial charge in [-0.3, -0.25) is 4.68 Å². The molecule has 0 aliphatic carbocycles. The van der Waals surface area contributed by atoms with E-state index in [0.29, 0.717) is 12.5 Å². The van der Waals surface area contributed by atoms with Gasteiger partial charge < -0.3 is 10.4 Å². The Kier molecular flexibility index (Phi) is 5.16. The highest BCUT2D eigenvalue weighted by Gasteiger charge is 2.24. The number of hydrogen-bond donors (Lipinski definition) is 2. The van der Waals surface area contributed by atoms with E-state index in [0.717, 1.165) is 12.1 Å². The minimum Gasteiger partial charge on any atom is -0.389 e. The smallest absolute Gasteiger partial charge is 0.0746 e. The molecule has 0 saturated heterocycles. The van der Waals surface area contributed by atoms with E-state index < -0.39 is 5.60 Å². The van der Waals surface area contributed by atoms with Gasteiger partial charge in [0.05, 0.1) is 11.3 Å². The largest absolute Gasteiger partial charge is 0.389 e. The van der Waals surface area contributed by atoms with Gasteiger partial charge in [0.2, 0.25) is 0 Å². The van der Waals surface area contributed by atoms with Crippen LogP contribution >= 0.6 is 0 Å². The SMILES string of the molecule is Cc1nn(C)c(C)c1C(C)NCC(C)(O)CC(C)C. The molecular weight excluding hydrogens is 238 g/mol. The van der Waals surface area contributed by atoms with E-state index in [2.05, 4.69) is 38.1 Å². The highest BCUT2D eigenvalue weighted by molar-refractivity contribution is 5.27. The van der Waals surface area contributed by atoms with Crippen LogP contribution in [0.5, 0.6) is 0 Å². The third-order valence-corrected chi connectivity index (χ3v) is 3.64. The first kappa shape index (κ1) is 16.2. The maximum Gasteiger partial charge on any atom is 0.0746 e. The van der Waals surface area contributed by atoms with E-state index in [1.807, 2.05) is 25.6 Å². The Labute approximate surface area is 117 Å². The van der Waals surface area contributed by atoms with E-state index in [1.165, 1.54) is 11.3 Å². The Bertz CT molecular complexity index is 421. The van der Waals surface area contributed by atoms with Crippen molar-refractivity contribution in [1.29, 1.82) is 0 Å². The summed E-state index contributed by atoms with van der Waals surface area (Å²) < 4.78 is 1.91. The number of rotatable bonds is 6. The first-order valence-corrected chi connectivity index (χ1v) is 7.10. The zero-order valence-electron chi connectivity index (χ0n) is 13.4. The molecule has 19 heavy (non-hydrogen) atoms. The van der Waals surface area contributed by atoms with Crippen LogP contribution in [0.4, 0.5) is 0 Å². The van der Waals surface area contributed by atoms with Crippen molar-refractivity contribution in [1.82, 2.24) is 15.1 Å². The van der Waals surface area contributed by atoms with Gasteiger partial charge in [-0.2, -0.15) is 5.10 Å². The van der Waals surface area contributed by atoms with Crippen LogP contribution in [0.1, 0.15) is 57.1 Å². The molecule has 2 unspecified atom stereocenters. The van der Waals surface area contributed by atoms with Crippen molar-refractivity contribution in [3.05, 3.63) is 17.0 Å². The van der Waals surface area contributed by atoms with E-state index in [-0.39, 0.29) is 6.04 Å². The van der Waals surface area contributed by atoms with Crippen molar-refractivity contribution in [3.63, 3.8) is 0 Å². The zero-order valence-corrected chi connectivity index (χ0v) is 13.4. The minimum atomic E-state index is -0.660. The summed E-state index contributed by atoms with van der Waals surface area (Å²) >= 11 is 0. The lowest BCUT2D eigenvalue weighted by atomic mass is 9.93. The van der Waals surface area contributed by atoms with Gasteiger partial charge in [0, 0.05) is 30.9 Å². The predicted octanol–water partition coefficient (Wildman–Crippen LogP) is 2.48. The van der Waals surface area contributed by atoms with Crippen molar-refractivity contribution >= 4 is 0 Å². The van der Waals surface area contributed by atoms with Crippen molar-refractivity contribution in [3.8, 4) is 0 Å². The maximum atomic E-state index is 10.3. The standard InChI is InChI=1S/C15H29N3O/c1-10(2)8-15(6,19)9-16-11(3)14-12(4)17-18(7)13(14)5/h10-11,16,19H,8-9H2,1-7H3. The molecule has 0 radical (unpaired) electrons. The Morgan fingerprint density at radius 2 is 1.89 bits per heavy atom. The summed E-state index contributed by atoms with van der Waals surface area (Å²) in [6.45, 7) is 13.0. The fourth-order valence-electron chi connectivity index (χ4n) is 2.84. The van der Waals surface area contributed by atoms with Crippen LogP contribution in [0.3, 0.4) is 0 Å². The number of aryl methyl sites for hydroxylation is 2. The Morgan fingerprint density at radius 1 is 1.32 bits per heavy atom. The van der Waals surface area contributed by atoms with Gasteiger partial charge in [0.25, 0.3) is 0 Å². The summed E-state index contributed by atoms with van der Waals surface area (Å²) in [7, 11) is 1.97. The van der Waals surface area contributed by atoms with E-state index in [4.69, 9.17) is 0 Å². The number of aliphatic hydroxyl groups is 1. The van der Waals surface area contributed by atoms with Gasteiger partial charge in [-0.25, -0.2) is 0 Å². The van der Waals surface area contributed by atoms with Crippen LogP contribution in [0.2, 0.25) is 0 Å². The molecule has 2 N–H and O–H groups in total. The molecule has 1 rings (SSSR count). The van der Waals surface area contributed by atoms with Gasteiger partial charge in [-0.1, -0.05) is 13.8 Å². The zero-order chi connectivity index (χ0) is 14.8. The molecule has 1 aromatic rings. The molecule has 1 aromatic heterocycles. The molecule has 4 nitrogen and oxygen atoms in total. The highest BCUT2D eigenvalue weighted by atomic mass is 16.3. The van der Waals surface area contributed by atoms with E-state index in [1.54, 1.807) is 0 Å². The molecule has 0 fully saturated rings. The van der Waals surface area contributed by atoms with Gasteiger partial charge in [0.1, 0.15) is 0 Å². The topological polar surface area (TPSA) is 50.1 Å². The van der Waals surface area contributed by atoms with Crippen molar-refractivity contribution in [2.24, 2.45) is 13.0 Å². The van der Waals surface area contributed by atoms with Crippen LogP contribution < -0.4 is 5.32 Å². The van der Waals surface area contributed by atoms with Crippen LogP contribution in [0.25, 0.3) is 0 Å². The number of aromatic nitrogens is 2. The molecule has 0 aliphatic rings. The number of nitrogens with zero attached hydrogens (tertiary/aromatic N) is 2. The van der Waals surface area contributed by atoms with E-state index in [9.17, 15) is 5.11 Å². The summed E-state index contributed by atoms with van der Waals surface area (Å²) in [5.41, 5.74) is 2.82. The molecule has 0 aromatic carbocycles. The molecule has 0 aliphatic heterocycles. The van der Waals surface area contributed by atoms with Gasteiger partial charge >= 0.3 is 0 Å². The molecule has 110 valence electrons. The van der Waals surface area contributed by atoms with E-state index >= 15 is 0 Å². The fourth-order valence-corrected chi connectivity index (χ4v) is 2.84. The molecule has 4 heteroatoms. The second-order valence-electron chi connectivity index (χ2n) is 6.41. The molecule has 0 saturated carbocycles. The maximum absolute atomic E-state index is 10.3. The van der Waals surface area contributed by atoms with Crippen molar-refractivity contribution in [2.45, 2.75) is 59.6 Å². The fraction of sp³-hybridized carbons (Fsp3) is 0.800. The van der Waals surface area contributed by atoms with Crippen molar-refractivity contribution < 1.29 is 5.11 Å². The normalized spacial score (nSPS) is 16.7. The summed E-state index contributed by atoms with van der Waals surface area (Å²) in [5, 5.41) is 18.2. The summed E-state index contributed by atoms with van der Waals surface area (Å²) in [6.07, 6.45) is 0.803. The Balaban J connectivity index is 2.68. The van der Waals surface area contributed by atoms with Crippen LogP contribution in [-0.4, -0.2) is 27.0 Å². The van der Waals surface area contributed by atoms with Crippen LogP contribution in [0.15, 0.2) is 0 Å². The average Bonchev–Trinajstić information content (AvgIpc) is 2.48. The molecule has 1 heterocycles. The summed E-state index contributed by atoms with van der Waals surface area (Å²) in [5.74, 6) is 0.494. The van der Waals surface area contributed by atoms with Crippen LogP contribution in [0, 0.1) is 19.8 Å². The third kappa shape index (κ3) is 4.32. The lowest BCUT2D eigenvalue weighted by Gasteiger charge is -2.28. The van der Waals surface area contributed by atoms with Gasteiger partial charge in [-0.15, -0.1) is 0 Å². The lowest BCUT2D eigenvalue weighted by molar-refractivity contribution is 0.0363. The minimum absolute atomic E-state index is 0.201. The van der Waals surface area contributed by atoms with Gasteiger partial charge in [-0.05, 0) is 40.0 Å². The first-order valence-electron chi connectivity index (χ1n) is 7.10. The quantitative estimate of drug-likeness (QED) is 0.832. The Hall–Kier alpha value is -0.870. The monoisotopic (exact) mass is 267 g/mol. The number of hydrogen-bond acceptors (Lipinski definition) is 3. The first-order chi connectivity index (χ1) is 8.64. The molecule has 2 atom stereocenters. The number of nitrogens with one attached hydrogen (secondary N) is 1. The van der Waals surface area contributed by atoms with Crippen molar-refractivity contribution in [2.75, 3.05) is 6.54 Å². The van der Waals surface area contributed by atoms with Crippen LogP contribution in [-0.2, 0) is 7.05 Å². The predicted molar refractivity (Wildman–Crippen MR) is 79.2 cm³/mol. The highest BCUT2D eigenvalue weighted by Crippen LogP contribution is 2.22. The summed E-state index contributed by atoms with van der Waals surface area (Å²) in [4.78, 5) is 0. The second-order valence-corrected chi connectivity index (χ2v) is 6.41. The lowest BCUT2D eigenvalue weighted by Crippen LogP contribution is -2.40. The second kappa shape index (κ2) is 6.06. The molecule has 0 spiro atoms. The molecular formula is C15H29N3O. The molecule has 0 bridgehead atoms. The third-order valence-electron chi connectivity index (χ3n) is 3.64. The Morgan fingerprint density at radius 3 is 2.32 bits per heavy atom. The molecule has 0 amide bonds. The average molecular weight is 267 g/mol. The summed E-state index contributed by atoms with van der Waals surface area (Å²) in [6, 6.07) is 0.201.